The number of hydrogen-bond acceptors (Lipinski definition) is 7. The van der Waals surface area contributed by atoms with Crippen LogP contribution in [-0.2, 0) is 19.8 Å². The minimum atomic E-state index is -4.76. The maximum absolute atomic E-state index is 12.6. The first-order chi connectivity index (χ1) is 10.8. The van der Waals surface area contributed by atoms with Crippen molar-refractivity contribution in [1.82, 2.24) is 10.2 Å². The van der Waals surface area contributed by atoms with Crippen molar-refractivity contribution in [2.75, 3.05) is 13.7 Å². The van der Waals surface area contributed by atoms with Crippen molar-refractivity contribution >= 4 is 0 Å². The van der Waals surface area contributed by atoms with E-state index in [-0.39, 0.29) is 43.4 Å². The van der Waals surface area contributed by atoms with Gasteiger partial charge in [-0.1, -0.05) is 0 Å². The summed E-state index contributed by atoms with van der Waals surface area (Å²) in [6.45, 7) is 0.241. The van der Waals surface area contributed by atoms with E-state index in [9.17, 15) is 13.2 Å². The van der Waals surface area contributed by atoms with Gasteiger partial charge in [-0.05, 0) is 19.3 Å². The quantitative estimate of drug-likeness (QED) is 0.895. The molecule has 3 atom stereocenters. The lowest BCUT2D eigenvalue weighted by atomic mass is 9.80. The number of ether oxygens (including phenoxy) is 3. The molecule has 1 aromatic rings. The monoisotopic (exact) mass is 337 g/mol. The zero-order valence-corrected chi connectivity index (χ0v) is 12.5. The fourth-order valence-electron chi connectivity index (χ4n) is 2.86. The Labute approximate surface area is 130 Å². The van der Waals surface area contributed by atoms with Crippen molar-refractivity contribution in [3.63, 3.8) is 0 Å². The maximum atomic E-state index is 12.6. The summed E-state index contributed by atoms with van der Waals surface area (Å²) in [6.07, 6.45) is -4.18. The molecule has 0 radical (unpaired) electrons. The molecule has 23 heavy (non-hydrogen) atoms. The minimum absolute atomic E-state index is 0.117. The van der Waals surface area contributed by atoms with E-state index in [4.69, 9.17) is 19.6 Å². The molecule has 3 rings (SSSR count). The lowest BCUT2D eigenvalue weighted by Crippen LogP contribution is -2.45. The average Bonchev–Trinajstić information content (AvgIpc) is 2.92. The van der Waals surface area contributed by atoms with Gasteiger partial charge in [0, 0.05) is 13.5 Å². The van der Waals surface area contributed by atoms with Gasteiger partial charge in [0.1, 0.15) is 6.10 Å². The third-order valence-corrected chi connectivity index (χ3v) is 4.29. The van der Waals surface area contributed by atoms with Gasteiger partial charge in [0.15, 0.2) is 5.60 Å². The second-order valence-electron chi connectivity index (χ2n) is 5.84. The summed E-state index contributed by atoms with van der Waals surface area (Å²) in [6, 6.07) is -0.273. The number of halogens is 3. The molecule has 0 aromatic carbocycles. The summed E-state index contributed by atoms with van der Waals surface area (Å²) in [5, 5.41) is 7.57. The van der Waals surface area contributed by atoms with E-state index in [0.29, 0.717) is 12.8 Å². The van der Waals surface area contributed by atoms with Crippen molar-refractivity contribution in [2.45, 2.75) is 55.9 Å². The highest BCUT2D eigenvalue weighted by Crippen LogP contribution is 2.48. The smallest absolute Gasteiger partial charge is 0.419 e. The second-order valence-corrected chi connectivity index (χ2v) is 5.84. The predicted octanol–water partition coefficient (Wildman–Crippen LogP) is 1.79. The van der Waals surface area contributed by atoms with Crippen LogP contribution in [-0.4, -0.2) is 42.4 Å². The number of nitrogens with zero attached hydrogens (tertiary/aromatic N) is 2. The van der Waals surface area contributed by atoms with E-state index < -0.39 is 18.1 Å². The molecule has 130 valence electrons. The molecule has 0 spiro atoms. The van der Waals surface area contributed by atoms with Crippen LogP contribution < -0.4 is 5.73 Å². The van der Waals surface area contributed by atoms with Gasteiger partial charge in [-0.25, -0.2) is 0 Å². The SMILES string of the molecule is COC1C[C@@H](c2nnc(C3(OC(F)(F)F)CCC3)o2)OC[C@@H]1N. The molecule has 2 fully saturated rings. The molecule has 10 heteroatoms. The molecule has 1 aliphatic heterocycles. The maximum Gasteiger partial charge on any atom is 0.523 e. The molecule has 1 saturated carbocycles. The van der Waals surface area contributed by atoms with Gasteiger partial charge < -0.3 is 19.6 Å². The summed E-state index contributed by atoms with van der Waals surface area (Å²) < 4.78 is 58.2. The summed E-state index contributed by atoms with van der Waals surface area (Å²) in [5.41, 5.74) is 4.27. The second kappa shape index (κ2) is 6.00. The lowest BCUT2D eigenvalue weighted by molar-refractivity contribution is -0.387. The van der Waals surface area contributed by atoms with Gasteiger partial charge in [-0.2, -0.15) is 0 Å². The molecule has 2 N–H and O–H groups in total. The molecule has 2 aliphatic rings. The number of rotatable bonds is 4. The average molecular weight is 337 g/mol. The summed E-state index contributed by atoms with van der Waals surface area (Å²) in [4.78, 5) is 0. The molecule has 2 heterocycles. The Kier molecular flexibility index (Phi) is 4.34. The zero-order chi connectivity index (χ0) is 16.7. The lowest BCUT2D eigenvalue weighted by Gasteiger charge is -2.38. The van der Waals surface area contributed by atoms with Crippen LogP contribution >= 0.6 is 0 Å². The van der Waals surface area contributed by atoms with Crippen molar-refractivity contribution in [1.29, 1.82) is 0 Å². The molecule has 0 amide bonds. The summed E-state index contributed by atoms with van der Waals surface area (Å²) in [5.74, 6) is -0.0467. The van der Waals surface area contributed by atoms with Gasteiger partial charge >= 0.3 is 6.36 Å². The Balaban J connectivity index is 1.75. The number of hydrogen-bond donors (Lipinski definition) is 1. The summed E-state index contributed by atoms with van der Waals surface area (Å²) in [7, 11) is 1.53. The van der Waals surface area contributed by atoms with Gasteiger partial charge in [0.2, 0.25) is 11.8 Å². The number of nitrogens with two attached hydrogens (primary N) is 1. The van der Waals surface area contributed by atoms with E-state index in [1.165, 1.54) is 7.11 Å². The van der Waals surface area contributed by atoms with E-state index in [1.54, 1.807) is 0 Å². The minimum Gasteiger partial charge on any atom is -0.419 e. The molecular formula is C13H18F3N3O4. The van der Waals surface area contributed by atoms with Crippen molar-refractivity contribution < 1.29 is 31.8 Å². The van der Waals surface area contributed by atoms with Crippen LogP contribution in [0.4, 0.5) is 13.2 Å². The van der Waals surface area contributed by atoms with E-state index in [2.05, 4.69) is 14.9 Å². The third kappa shape index (κ3) is 3.35. The van der Waals surface area contributed by atoms with E-state index >= 15 is 0 Å². The molecule has 1 aliphatic carbocycles. The van der Waals surface area contributed by atoms with Crippen LogP contribution in [0.1, 0.15) is 43.6 Å². The first-order valence-electron chi connectivity index (χ1n) is 7.34. The van der Waals surface area contributed by atoms with Gasteiger partial charge in [0.25, 0.3) is 0 Å². The Morgan fingerprint density at radius 1 is 1.30 bits per heavy atom. The Morgan fingerprint density at radius 2 is 2.04 bits per heavy atom. The number of alkyl halides is 3. The molecule has 0 bridgehead atoms. The molecular weight excluding hydrogens is 319 g/mol. The molecule has 7 nitrogen and oxygen atoms in total. The third-order valence-electron chi connectivity index (χ3n) is 4.29. The van der Waals surface area contributed by atoms with Crippen LogP contribution in [0.5, 0.6) is 0 Å². The normalized spacial score (nSPS) is 30.9. The fourth-order valence-corrected chi connectivity index (χ4v) is 2.86. The van der Waals surface area contributed by atoms with Crippen LogP contribution in [0.25, 0.3) is 0 Å². The van der Waals surface area contributed by atoms with Crippen molar-refractivity contribution in [3.8, 4) is 0 Å². The first kappa shape index (κ1) is 16.6. The molecule has 1 aromatic heterocycles. The van der Waals surface area contributed by atoms with Crippen molar-refractivity contribution in [2.24, 2.45) is 5.73 Å². The Morgan fingerprint density at radius 3 is 2.61 bits per heavy atom. The topological polar surface area (TPSA) is 92.6 Å². The van der Waals surface area contributed by atoms with E-state index in [0.717, 1.165) is 0 Å². The first-order valence-corrected chi connectivity index (χ1v) is 7.34. The highest BCUT2D eigenvalue weighted by Gasteiger charge is 2.52. The number of aromatic nitrogens is 2. The zero-order valence-electron chi connectivity index (χ0n) is 12.5. The van der Waals surface area contributed by atoms with Crippen molar-refractivity contribution in [3.05, 3.63) is 11.8 Å². The van der Waals surface area contributed by atoms with Gasteiger partial charge in [-0.15, -0.1) is 23.4 Å². The summed E-state index contributed by atoms with van der Waals surface area (Å²) >= 11 is 0. The van der Waals surface area contributed by atoms with Crippen LogP contribution in [0.3, 0.4) is 0 Å². The van der Waals surface area contributed by atoms with E-state index in [1.807, 2.05) is 0 Å². The standard InChI is InChI=1S/C13H18F3N3O4/c1-20-8-5-9(21-6-7(8)17)10-18-19-11(22-10)12(3-2-4-12)23-13(14,15)16/h7-9H,2-6,17H2,1H3/t7-,8?,9-/m0/s1. The number of methoxy groups -OCH3 is 1. The Bertz CT molecular complexity index is 547. The highest BCUT2D eigenvalue weighted by molar-refractivity contribution is 5.05. The molecule has 1 unspecified atom stereocenters. The highest BCUT2D eigenvalue weighted by atomic mass is 19.4. The predicted molar refractivity (Wildman–Crippen MR) is 69.0 cm³/mol. The Hall–Kier alpha value is -1.23. The van der Waals surface area contributed by atoms with Crippen LogP contribution in [0.15, 0.2) is 4.42 Å². The van der Waals surface area contributed by atoms with Gasteiger partial charge in [0.05, 0.1) is 18.8 Å². The van der Waals surface area contributed by atoms with Gasteiger partial charge in [-0.3, -0.25) is 4.74 Å². The molecule has 1 saturated heterocycles. The largest absolute Gasteiger partial charge is 0.523 e. The van der Waals surface area contributed by atoms with Crippen LogP contribution in [0.2, 0.25) is 0 Å². The van der Waals surface area contributed by atoms with Crippen LogP contribution in [0, 0.1) is 0 Å². The fraction of sp³-hybridized carbons (Fsp3) is 0.846.